The average molecular weight is 178 g/mol. The molecule has 3 heteroatoms. The van der Waals surface area contributed by atoms with E-state index in [0.29, 0.717) is 0 Å². The summed E-state index contributed by atoms with van der Waals surface area (Å²) in [5, 5.41) is 0. The molecule has 1 atom stereocenters. The molecule has 1 nitrogen and oxygen atoms in total. The standard InChI is InChI=1S/C7H18OSSi/c1-3-6-10(9)7-4-5-8-2/h9-10H,3-7H2,1-2H3. The highest BCUT2D eigenvalue weighted by Crippen LogP contribution is 2.08. The van der Waals surface area contributed by atoms with Crippen molar-refractivity contribution in [2.45, 2.75) is 31.9 Å². The minimum atomic E-state index is -0.619. The maximum absolute atomic E-state index is 4.96. The Hall–Kier alpha value is 0.527. The third-order valence-electron chi connectivity index (χ3n) is 1.51. The molecule has 0 saturated carbocycles. The molecule has 0 aromatic heterocycles. The highest BCUT2D eigenvalue weighted by Gasteiger charge is 2.01. The second-order valence-electron chi connectivity index (χ2n) is 2.58. The Labute approximate surface area is 70.8 Å². The first kappa shape index (κ1) is 10.5. The molecule has 0 saturated heterocycles. The van der Waals surface area contributed by atoms with Crippen LogP contribution in [0.5, 0.6) is 0 Å². The van der Waals surface area contributed by atoms with E-state index in [1.54, 1.807) is 7.11 Å². The van der Waals surface area contributed by atoms with Crippen molar-refractivity contribution in [3.63, 3.8) is 0 Å². The van der Waals surface area contributed by atoms with Crippen LogP contribution in [0.4, 0.5) is 0 Å². The Kier molecular flexibility index (Phi) is 8.03. The Morgan fingerprint density at radius 1 is 1.40 bits per heavy atom. The van der Waals surface area contributed by atoms with Gasteiger partial charge in [0, 0.05) is 13.7 Å². The van der Waals surface area contributed by atoms with E-state index in [1.807, 2.05) is 0 Å². The summed E-state index contributed by atoms with van der Waals surface area (Å²) in [4.78, 5) is 0. The van der Waals surface area contributed by atoms with Crippen molar-refractivity contribution in [1.82, 2.24) is 0 Å². The van der Waals surface area contributed by atoms with Crippen LogP contribution < -0.4 is 0 Å². The van der Waals surface area contributed by atoms with E-state index in [9.17, 15) is 0 Å². The number of hydrogen-bond acceptors (Lipinski definition) is 2. The Morgan fingerprint density at radius 3 is 2.60 bits per heavy atom. The van der Waals surface area contributed by atoms with Crippen LogP contribution in [0.2, 0.25) is 12.1 Å². The number of hydrogen-bond donors (Lipinski definition) is 1. The summed E-state index contributed by atoms with van der Waals surface area (Å²) in [5.74, 6) is 0. The molecule has 0 bridgehead atoms. The molecule has 62 valence electrons. The molecule has 0 aliphatic rings. The number of methoxy groups -OCH3 is 1. The molecule has 0 amide bonds. The van der Waals surface area contributed by atoms with Crippen LogP contribution in [0, 0.1) is 0 Å². The molecule has 1 unspecified atom stereocenters. The second kappa shape index (κ2) is 7.63. The third-order valence-corrected chi connectivity index (χ3v) is 5.38. The van der Waals surface area contributed by atoms with Gasteiger partial charge in [-0.15, -0.1) is 0 Å². The molecule has 0 N–H and O–H groups in total. The summed E-state index contributed by atoms with van der Waals surface area (Å²) in [6.45, 7) is 3.14. The number of ether oxygens (including phenoxy) is 1. The summed E-state index contributed by atoms with van der Waals surface area (Å²) < 4.78 is 4.96. The normalized spacial score (nSPS) is 13.5. The van der Waals surface area contributed by atoms with Gasteiger partial charge in [0.25, 0.3) is 0 Å². The maximum atomic E-state index is 4.96. The van der Waals surface area contributed by atoms with Crippen LogP contribution in [0.25, 0.3) is 0 Å². The number of rotatable bonds is 6. The van der Waals surface area contributed by atoms with Gasteiger partial charge in [0.1, 0.15) is 0 Å². The van der Waals surface area contributed by atoms with E-state index in [2.05, 4.69) is 19.0 Å². The molecule has 0 fully saturated rings. The lowest BCUT2D eigenvalue weighted by Gasteiger charge is -2.05. The van der Waals surface area contributed by atoms with Crippen molar-refractivity contribution in [3.05, 3.63) is 0 Å². The van der Waals surface area contributed by atoms with Crippen molar-refractivity contribution >= 4 is 20.0 Å². The van der Waals surface area contributed by atoms with Crippen LogP contribution in [-0.4, -0.2) is 21.7 Å². The van der Waals surface area contributed by atoms with Gasteiger partial charge >= 0.3 is 0 Å². The van der Waals surface area contributed by atoms with E-state index in [0.717, 1.165) is 6.61 Å². The maximum Gasteiger partial charge on any atom is 0.0972 e. The van der Waals surface area contributed by atoms with E-state index >= 15 is 0 Å². The molecule has 10 heavy (non-hydrogen) atoms. The predicted molar refractivity (Wildman–Crippen MR) is 52.5 cm³/mol. The number of thiol groups is 1. The van der Waals surface area contributed by atoms with Gasteiger partial charge in [-0.25, -0.2) is 12.1 Å². The third kappa shape index (κ3) is 6.64. The lowest BCUT2D eigenvalue weighted by Crippen LogP contribution is -2.03. The largest absolute Gasteiger partial charge is 0.385 e. The van der Waals surface area contributed by atoms with Gasteiger partial charge in [-0.05, 0) is 12.5 Å². The highest BCUT2D eigenvalue weighted by atomic mass is 32.3. The van der Waals surface area contributed by atoms with Crippen LogP contribution in [0.3, 0.4) is 0 Å². The van der Waals surface area contributed by atoms with Crippen molar-refractivity contribution in [3.8, 4) is 0 Å². The van der Waals surface area contributed by atoms with E-state index in [1.165, 1.54) is 24.9 Å². The molecule has 0 aliphatic carbocycles. The smallest absolute Gasteiger partial charge is 0.0972 e. The highest BCUT2D eigenvalue weighted by molar-refractivity contribution is 8.10. The van der Waals surface area contributed by atoms with Crippen molar-refractivity contribution in [1.29, 1.82) is 0 Å². The average Bonchev–Trinajstić information content (AvgIpc) is 1.89. The molecule has 0 radical (unpaired) electrons. The summed E-state index contributed by atoms with van der Waals surface area (Å²) in [5.41, 5.74) is 0. The van der Waals surface area contributed by atoms with Crippen molar-refractivity contribution in [2.24, 2.45) is 0 Å². The van der Waals surface area contributed by atoms with Crippen LogP contribution in [-0.2, 0) is 4.74 Å². The lowest BCUT2D eigenvalue weighted by atomic mass is 10.5. The lowest BCUT2D eigenvalue weighted by molar-refractivity contribution is 0.199. The van der Waals surface area contributed by atoms with Crippen LogP contribution in [0.1, 0.15) is 19.8 Å². The Morgan fingerprint density at radius 2 is 2.10 bits per heavy atom. The van der Waals surface area contributed by atoms with E-state index < -0.39 is 7.95 Å². The quantitative estimate of drug-likeness (QED) is 0.372. The molecular weight excluding hydrogens is 160 g/mol. The van der Waals surface area contributed by atoms with Crippen molar-refractivity contribution in [2.75, 3.05) is 13.7 Å². The van der Waals surface area contributed by atoms with Crippen LogP contribution >= 0.6 is 12.1 Å². The fourth-order valence-electron chi connectivity index (χ4n) is 0.941. The van der Waals surface area contributed by atoms with Gasteiger partial charge in [-0.1, -0.05) is 19.4 Å². The summed E-state index contributed by atoms with van der Waals surface area (Å²) in [6.07, 6.45) is 2.50. The zero-order valence-electron chi connectivity index (χ0n) is 6.97. The first-order valence-corrected chi connectivity index (χ1v) is 7.68. The van der Waals surface area contributed by atoms with Gasteiger partial charge in [0.15, 0.2) is 0 Å². The molecule has 0 rings (SSSR count). The van der Waals surface area contributed by atoms with Gasteiger partial charge in [-0.3, -0.25) is 0 Å². The Bertz CT molecular complexity index is 70.6. The van der Waals surface area contributed by atoms with Crippen LogP contribution in [0.15, 0.2) is 0 Å². The minimum absolute atomic E-state index is 0.619. The van der Waals surface area contributed by atoms with Gasteiger partial charge < -0.3 is 4.74 Å². The van der Waals surface area contributed by atoms with Gasteiger partial charge in [-0.2, -0.15) is 0 Å². The summed E-state index contributed by atoms with van der Waals surface area (Å²) in [6, 6.07) is 2.69. The predicted octanol–water partition coefficient (Wildman–Crippen LogP) is 2.09. The zero-order chi connectivity index (χ0) is 7.82. The van der Waals surface area contributed by atoms with Gasteiger partial charge in [0.2, 0.25) is 0 Å². The molecule has 0 aromatic carbocycles. The van der Waals surface area contributed by atoms with Gasteiger partial charge in [0.05, 0.1) is 7.95 Å². The first-order chi connectivity index (χ1) is 4.81. The first-order valence-electron chi connectivity index (χ1n) is 3.98. The fourth-order valence-corrected chi connectivity index (χ4v) is 3.86. The molecular formula is C7H18OSSi. The summed E-state index contributed by atoms with van der Waals surface area (Å²) >= 11 is 4.57. The SMILES string of the molecule is CCC[SiH](S)CCCOC. The monoisotopic (exact) mass is 178 g/mol. The van der Waals surface area contributed by atoms with Crippen molar-refractivity contribution < 1.29 is 4.74 Å². The fraction of sp³-hybridized carbons (Fsp3) is 1.00. The molecule has 0 spiro atoms. The Balaban J connectivity index is 2.97. The second-order valence-corrected chi connectivity index (χ2v) is 7.23. The zero-order valence-corrected chi connectivity index (χ0v) is 9.02. The van der Waals surface area contributed by atoms with E-state index in [4.69, 9.17) is 4.74 Å². The molecule has 0 aliphatic heterocycles. The topological polar surface area (TPSA) is 9.23 Å². The molecule has 0 heterocycles. The molecule has 0 aromatic rings. The minimum Gasteiger partial charge on any atom is -0.385 e. The van der Waals surface area contributed by atoms with E-state index in [-0.39, 0.29) is 0 Å². The summed E-state index contributed by atoms with van der Waals surface area (Å²) in [7, 11) is 1.14.